The summed E-state index contributed by atoms with van der Waals surface area (Å²) in [4.78, 5) is 34.6. The molecule has 0 aliphatic heterocycles. The van der Waals surface area contributed by atoms with Crippen molar-refractivity contribution in [3.63, 3.8) is 0 Å². The molecule has 0 spiro atoms. The maximum atomic E-state index is 13.2. The van der Waals surface area contributed by atoms with Crippen molar-refractivity contribution in [1.29, 1.82) is 0 Å². The van der Waals surface area contributed by atoms with Crippen molar-refractivity contribution >= 4 is 22.8 Å². The number of nitrogens with one attached hydrogen (secondary N) is 1. The van der Waals surface area contributed by atoms with E-state index in [0.717, 1.165) is 5.75 Å². The van der Waals surface area contributed by atoms with Gasteiger partial charge in [0.05, 0.1) is 6.61 Å². The van der Waals surface area contributed by atoms with Crippen LogP contribution >= 0.6 is 0 Å². The zero-order valence-corrected chi connectivity index (χ0v) is 16.4. The number of carbonyl (C=O) groups excluding carboxylic acids is 1. The van der Waals surface area contributed by atoms with E-state index in [0.29, 0.717) is 29.0 Å². The Morgan fingerprint density at radius 2 is 1.80 bits per heavy atom. The third-order valence-corrected chi connectivity index (χ3v) is 4.50. The van der Waals surface area contributed by atoms with Crippen LogP contribution in [0.2, 0.25) is 0 Å². The summed E-state index contributed by atoms with van der Waals surface area (Å²) in [7, 11) is 0. The number of fused-ring (bicyclic) bond motifs is 1. The highest BCUT2D eigenvalue weighted by Crippen LogP contribution is 2.17. The molecule has 1 amide bonds. The van der Waals surface area contributed by atoms with Gasteiger partial charge in [-0.1, -0.05) is 30.3 Å². The number of hydrogen-bond donors (Lipinski definition) is 1. The van der Waals surface area contributed by atoms with E-state index < -0.39 is 0 Å². The van der Waals surface area contributed by atoms with Crippen molar-refractivity contribution in [3.05, 3.63) is 83.3 Å². The molecule has 0 fully saturated rings. The van der Waals surface area contributed by atoms with Crippen LogP contribution < -0.4 is 15.6 Å². The van der Waals surface area contributed by atoms with E-state index in [1.54, 1.807) is 42.6 Å². The first kappa shape index (κ1) is 19.3. The molecule has 150 valence electrons. The van der Waals surface area contributed by atoms with Crippen molar-refractivity contribution in [2.75, 3.05) is 11.9 Å². The third-order valence-electron chi connectivity index (χ3n) is 4.50. The Kier molecular flexibility index (Phi) is 5.52. The first-order valence-electron chi connectivity index (χ1n) is 9.59. The number of rotatable bonds is 6. The molecule has 7 heteroatoms. The van der Waals surface area contributed by atoms with Crippen molar-refractivity contribution in [1.82, 2.24) is 14.5 Å². The molecule has 2 heterocycles. The summed E-state index contributed by atoms with van der Waals surface area (Å²) in [5.74, 6) is 0.391. The summed E-state index contributed by atoms with van der Waals surface area (Å²) >= 11 is 0. The van der Waals surface area contributed by atoms with Gasteiger partial charge in [-0.2, -0.15) is 0 Å². The lowest BCUT2D eigenvalue weighted by molar-refractivity contribution is -0.116. The third kappa shape index (κ3) is 4.05. The van der Waals surface area contributed by atoms with Gasteiger partial charge in [-0.3, -0.25) is 14.2 Å². The summed E-state index contributed by atoms with van der Waals surface area (Å²) < 4.78 is 6.76. The molecule has 4 aromatic rings. The summed E-state index contributed by atoms with van der Waals surface area (Å²) in [5.41, 5.74) is 2.13. The standard InChI is InChI=1S/C23H20N4O3/c1-2-30-18-12-10-17(11-13-18)25-20(28)15-27-22-19(9-6-14-24-22)26-21(23(27)29)16-7-4-3-5-8-16/h3-14H,2,15H2,1H3,(H,25,28). The fraction of sp³-hybridized carbons (Fsp3) is 0.130. The molecule has 4 rings (SSSR count). The van der Waals surface area contributed by atoms with Gasteiger partial charge in [0, 0.05) is 17.4 Å². The highest BCUT2D eigenvalue weighted by molar-refractivity contribution is 5.91. The van der Waals surface area contributed by atoms with Crippen molar-refractivity contribution in [2.45, 2.75) is 13.5 Å². The molecular weight excluding hydrogens is 380 g/mol. The number of amides is 1. The van der Waals surface area contributed by atoms with Crippen LogP contribution in [-0.4, -0.2) is 27.0 Å². The highest BCUT2D eigenvalue weighted by atomic mass is 16.5. The van der Waals surface area contributed by atoms with Crippen LogP contribution in [-0.2, 0) is 11.3 Å². The quantitative estimate of drug-likeness (QED) is 0.535. The zero-order chi connectivity index (χ0) is 20.9. The Labute approximate surface area is 173 Å². The minimum atomic E-state index is -0.366. The van der Waals surface area contributed by atoms with Crippen LogP contribution in [0.1, 0.15) is 6.92 Å². The maximum Gasteiger partial charge on any atom is 0.279 e. The van der Waals surface area contributed by atoms with E-state index in [4.69, 9.17) is 4.74 Å². The molecule has 0 aliphatic carbocycles. The number of pyridine rings is 1. The molecule has 2 aromatic carbocycles. The molecule has 0 atom stereocenters. The lowest BCUT2D eigenvalue weighted by Crippen LogP contribution is -2.30. The van der Waals surface area contributed by atoms with E-state index >= 15 is 0 Å². The van der Waals surface area contributed by atoms with Gasteiger partial charge < -0.3 is 10.1 Å². The Bertz CT molecular complexity index is 1240. The first-order valence-corrected chi connectivity index (χ1v) is 9.59. The molecule has 0 aliphatic rings. The fourth-order valence-electron chi connectivity index (χ4n) is 3.15. The molecule has 7 nitrogen and oxygen atoms in total. The minimum absolute atomic E-state index is 0.179. The van der Waals surface area contributed by atoms with Crippen LogP contribution in [0.25, 0.3) is 22.4 Å². The summed E-state index contributed by atoms with van der Waals surface area (Å²) in [5, 5.41) is 2.81. The topological polar surface area (TPSA) is 86.1 Å². The van der Waals surface area contributed by atoms with Crippen molar-refractivity contribution < 1.29 is 9.53 Å². The molecule has 30 heavy (non-hydrogen) atoms. The maximum absolute atomic E-state index is 13.2. The monoisotopic (exact) mass is 400 g/mol. The van der Waals surface area contributed by atoms with Crippen LogP contribution in [0.15, 0.2) is 77.7 Å². The van der Waals surface area contributed by atoms with Gasteiger partial charge in [0.25, 0.3) is 5.56 Å². The van der Waals surface area contributed by atoms with Gasteiger partial charge in [-0.25, -0.2) is 9.97 Å². The van der Waals surface area contributed by atoms with Gasteiger partial charge >= 0.3 is 0 Å². The van der Waals surface area contributed by atoms with Gasteiger partial charge in [-0.05, 0) is 43.3 Å². The van der Waals surface area contributed by atoms with Gasteiger partial charge in [0.2, 0.25) is 5.91 Å². The van der Waals surface area contributed by atoms with Gasteiger partial charge in [-0.15, -0.1) is 0 Å². The van der Waals surface area contributed by atoms with Crippen LogP contribution in [0.5, 0.6) is 5.75 Å². The van der Waals surface area contributed by atoms with E-state index in [9.17, 15) is 9.59 Å². The zero-order valence-electron chi connectivity index (χ0n) is 16.4. The Balaban J connectivity index is 1.67. The SMILES string of the molecule is CCOc1ccc(NC(=O)Cn2c(=O)c(-c3ccccc3)nc3cccnc32)cc1. The number of anilines is 1. The largest absolute Gasteiger partial charge is 0.494 e. The van der Waals surface area contributed by atoms with E-state index in [1.165, 1.54) is 4.57 Å². The normalized spacial score (nSPS) is 10.7. The Morgan fingerprint density at radius 1 is 1.03 bits per heavy atom. The van der Waals surface area contributed by atoms with Crippen LogP contribution in [0.4, 0.5) is 5.69 Å². The number of aromatic nitrogens is 3. The average Bonchev–Trinajstić information content (AvgIpc) is 2.77. The number of nitrogens with zero attached hydrogens (tertiary/aromatic N) is 3. The van der Waals surface area contributed by atoms with Crippen LogP contribution in [0.3, 0.4) is 0 Å². The molecule has 1 N–H and O–H groups in total. The predicted octanol–water partition coefficient (Wildman–Crippen LogP) is 3.50. The average molecular weight is 400 g/mol. The molecule has 0 saturated heterocycles. The summed E-state index contributed by atoms with van der Waals surface area (Å²) in [6.45, 7) is 2.30. The predicted molar refractivity (Wildman–Crippen MR) is 115 cm³/mol. The second kappa shape index (κ2) is 8.57. The van der Waals surface area contributed by atoms with Crippen molar-refractivity contribution in [3.8, 4) is 17.0 Å². The van der Waals surface area contributed by atoms with E-state index in [1.807, 2.05) is 37.3 Å². The molecule has 0 radical (unpaired) electrons. The Hall–Kier alpha value is -4.00. The Morgan fingerprint density at radius 3 is 2.53 bits per heavy atom. The first-order chi connectivity index (χ1) is 14.7. The molecule has 0 saturated carbocycles. The number of carbonyl (C=O) groups is 1. The smallest absolute Gasteiger partial charge is 0.279 e. The van der Waals surface area contributed by atoms with Crippen molar-refractivity contribution in [2.24, 2.45) is 0 Å². The molecule has 0 unspecified atom stereocenters. The number of benzene rings is 2. The van der Waals surface area contributed by atoms with Crippen LogP contribution in [0, 0.1) is 0 Å². The van der Waals surface area contributed by atoms with E-state index in [2.05, 4.69) is 15.3 Å². The molecular formula is C23H20N4O3. The molecule has 0 bridgehead atoms. The number of hydrogen-bond acceptors (Lipinski definition) is 5. The second-order valence-electron chi connectivity index (χ2n) is 6.57. The van der Waals surface area contributed by atoms with Gasteiger partial charge in [0.15, 0.2) is 5.65 Å². The van der Waals surface area contributed by atoms with E-state index in [-0.39, 0.29) is 23.7 Å². The van der Waals surface area contributed by atoms with Gasteiger partial charge in [0.1, 0.15) is 23.5 Å². The lowest BCUT2D eigenvalue weighted by Gasteiger charge is -2.12. The summed E-state index contributed by atoms with van der Waals surface area (Å²) in [6, 6.07) is 19.8. The lowest BCUT2D eigenvalue weighted by atomic mass is 10.1. The molecule has 2 aromatic heterocycles. The highest BCUT2D eigenvalue weighted by Gasteiger charge is 2.16. The fourth-order valence-corrected chi connectivity index (χ4v) is 3.15. The number of ether oxygens (including phenoxy) is 1. The second-order valence-corrected chi connectivity index (χ2v) is 6.57. The minimum Gasteiger partial charge on any atom is -0.494 e. The summed E-state index contributed by atoms with van der Waals surface area (Å²) in [6.07, 6.45) is 1.58.